The van der Waals surface area contributed by atoms with E-state index in [9.17, 15) is 0 Å². The molecule has 0 spiro atoms. The summed E-state index contributed by atoms with van der Waals surface area (Å²) < 4.78 is 2.23. The first-order chi connectivity index (χ1) is 9.66. The predicted molar refractivity (Wildman–Crippen MR) is 83.7 cm³/mol. The number of hydrogen-bond donors (Lipinski definition) is 0. The van der Waals surface area contributed by atoms with Gasteiger partial charge >= 0.3 is 0 Å². The predicted octanol–water partition coefficient (Wildman–Crippen LogP) is 4.45. The van der Waals surface area contributed by atoms with Gasteiger partial charge in [0.2, 0.25) is 5.69 Å². The third-order valence-electron chi connectivity index (χ3n) is 4.71. The molecular formula is C19H24N+. The molecule has 1 nitrogen and oxygen atoms in total. The summed E-state index contributed by atoms with van der Waals surface area (Å²) in [5.74, 6) is 0.799. The molecule has 0 aliphatic heterocycles. The largest absolute Gasteiger partial charge is 0.215 e. The van der Waals surface area contributed by atoms with Gasteiger partial charge in [-0.25, -0.2) is 4.57 Å². The number of pyridine rings is 1. The lowest BCUT2D eigenvalue weighted by molar-refractivity contribution is -0.660. The Labute approximate surface area is 122 Å². The fraction of sp³-hybridized carbons (Fsp3) is 0.421. The maximum Gasteiger partial charge on any atom is 0.215 e. The Morgan fingerprint density at radius 2 is 1.75 bits per heavy atom. The second-order valence-electron chi connectivity index (χ2n) is 6.21. The van der Waals surface area contributed by atoms with Gasteiger partial charge in [0.05, 0.1) is 0 Å². The van der Waals surface area contributed by atoms with E-state index in [1.165, 1.54) is 48.1 Å². The van der Waals surface area contributed by atoms with Crippen LogP contribution in [0.25, 0.3) is 11.3 Å². The molecule has 20 heavy (non-hydrogen) atoms. The Hall–Kier alpha value is -1.63. The molecule has 0 unspecified atom stereocenters. The first-order valence-corrected chi connectivity index (χ1v) is 7.73. The van der Waals surface area contributed by atoms with Crippen LogP contribution in [0.2, 0.25) is 0 Å². The van der Waals surface area contributed by atoms with Crippen molar-refractivity contribution in [2.45, 2.75) is 45.4 Å². The minimum atomic E-state index is 0.799. The monoisotopic (exact) mass is 266 g/mol. The molecule has 3 rings (SSSR count). The van der Waals surface area contributed by atoms with Crippen LogP contribution in [-0.4, -0.2) is 0 Å². The van der Waals surface area contributed by atoms with Crippen molar-refractivity contribution in [1.29, 1.82) is 0 Å². The smallest absolute Gasteiger partial charge is 0.201 e. The molecule has 1 aliphatic carbocycles. The van der Waals surface area contributed by atoms with Crippen molar-refractivity contribution >= 4 is 0 Å². The summed E-state index contributed by atoms with van der Waals surface area (Å²) in [5, 5.41) is 0. The average molecular weight is 266 g/mol. The molecule has 0 amide bonds. The van der Waals surface area contributed by atoms with E-state index in [-0.39, 0.29) is 0 Å². The van der Waals surface area contributed by atoms with Crippen molar-refractivity contribution in [3.8, 4) is 11.3 Å². The highest BCUT2D eigenvalue weighted by Gasteiger charge is 2.20. The Kier molecular flexibility index (Phi) is 3.60. The minimum Gasteiger partial charge on any atom is -0.201 e. The first kappa shape index (κ1) is 13.4. The summed E-state index contributed by atoms with van der Waals surface area (Å²) in [7, 11) is 2.13. The van der Waals surface area contributed by atoms with Crippen LogP contribution in [0.5, 0.6) is 0 Å². The van der Waals surface area contributed by atoms with Crippen molar-refractivity contribution in [2.24, 2.45) is 7.05 Å². The lowest BCUT2D eigenvalue weighted by atomic mass is 9.92. The Morgan fingerprint density at radius 3 is 2.40 bits per heavy atom. The van der Waals surface area contributed by atoms with Crippen LogP contribution in [-0.2, 0) is 7.05 Å². The molecule has 0 bridgehead atoms. The van der Waals surface area contributed by atoms with E-state index in [1.807, 2.05) is 0 Å². The highest BCUT2D eigenvalue weighted by atomic mass is 14.9. The van der Waals surface area contributed by atoms with Gasteiger partial charge in [-0.05, 0) is 55.9 Å². The minimum absolute atomic E-state index is 0.799. The molecule has 1 heteroatoms. The Balaban J connectivity index is 2.03. The normalized spacial score (nSPS) is 15.8. The molecule has 0 N–H and O–H groups in total. The van der Waals surface area contributed by atoms with E-state index in [1.54, 1.807) is 5.56 Å². The highest BCUT2D eigenvalue weighted by Crippen LogP contribution is 2.36. The van der Waals surface area contributed by atoms with Gasteiger partial charge in [-0.1, -0.05) is 25.0 Å². The van der Waals surface area contributed by atoms with E-state index in [0.717, 1.165) is 5.92 Å². The Morgan fingerprint density at radius 1 is 1.00 bits per heavy atom. The Bertz CT molecular complexity index is 601. The van der Waals surface area contributed by atoms with E-state index in [4.69, 9.17) is 0 Å². The first-order valence-electron chi connectivity index (χ1n) is 7.73. The second kappa shape index (κ2) is 5.40. The van der Waals surface area contributed by atoms with Crippen LogP contribution in [0.4, 0.5) is 0 Å². The van der Waals surface area contributed by atoms with Gasteiger partial charge in [-0.3, -0.25) is 0 Å². The van der Waals surface area contributed by atoms with E-state index in [2.05, 4.69) is 62.0 Å². The molecule has 1 aromatic carbocycles. The molecular weight excluding hydrogens is 242 g/mol. The zero-order valence-electron chi connectivity index (χ0n) is 12.8. The molecule has 1 aromatic heterocycles. The number of aromatic nitrogens is 1. The number of benzene rings is 1. The molecule has 1 fully saturated rings. The van der Waals surface area contributed by atoms with Gasteiger partial charge in [0.1, 0.15) is 7.05 Å². The fourth-order valence-corrected chi connectivity index (χ4v) is 3.62. The highest BCUT2D eigenvalue weighted by molar-refractivity contribution is 5.64. The number of rotatable bonds is 2. The number of nitrogens with zero attached hydrogens (tertiary/aromatic N) is 1. The van der Waals surface area contributed by atoms with Crippen LogP contribution in [0.1, 0.15) is 48.3 Å². The second-order valence-corrected chi connectivity index (χ2v) is 6.21. The van der Waals surface area contributed by atoms with Crippen LogP contribution >= 0.6 is 0 Å². The van der Waals surface area contributed by atoms with E-state index >= 15 is 0 Å². The third-order valence-corrected chi connectivity index (χ3v) is 4.71. The van der Waals surface area contributed by atoms with Crippen molar-refractivity contribution in [1.82, 2.24) is 0 Å². The lowest BCUT2D eigenvalue weighted by Gasteiger charge is -2.13. The fourth-order valence-electron chi connectivity index (χ4n) is 3.62. The maximum atomic E-state index is 2.41. The topological polar surface area (TPSA) is 3.88 Å². The van der Waals surface area contributed by atoms with Crippen LogP contribution in [0.3, 0.4) is 0 Å². The van der Waals surface area contributed by atoms with E-state index < -0.39 is 0 Å². The van der Waals surface area contributed by atoms with Gasteiger partial charge < -0.3 is 0 Å². The molecule has 1 aliphatic rings. The van der Waals surface area contributed by atoms with Crippen molar-refractivity contribution in [2.75, 3.05) is 0 Å². The van der Waals surface area contributed by atoms with Gasteiger partial charge in [0, 0.05) is 17.2 Å². The molecule has 1 heterocycles. The van der Waals surface area contributed by atoms with Crippen molar-refractivity contribution in [3.63, 3.8) is 0 Å². The third kappa shape index (κ3) is 2.37. The van der Waals surface area contributed by atoms with Crippen molar-refractivity contribution in [3.05, 3.63) is 53.2 Å². The maximum absolute atomic E-state index is 2.41. The molecule has 104 valence electrons. The van der Waals surface area contributed by atoms with Crippen LogP contribution in [0, 0.1) is 13.8 Å². The summed E-state index contributed by atoms with van der Waals surface area (Å²) in [5.41, 5.74) is 6.99. The average Bonchev–Trinajstić information content (AvgIpc) is 2.94. The van der Waals surface area contributed by atoms with Gasteiger partial charge in [0.15, 0.2) is 6.20 Å². The molecule has 2 aromatic rings. The molecule has 0 saturated heterocycles. The summed E-state index contributed by atoms with van der Waals surface area (Å²) in [6.45, 7) is 4.44. The van der Waals surface area contributed by atoms with Crippen LogP contribution in [0.15, 0.2) is 36.5 Å². The molecule has 0 radical (unpaired) electrons. The van der Waals surface area contributed by atoms with Gasteiger partial charge in [-0.15, -0.1) is 0 Å². The standard InChI is InChI=1S/C19H24N/c1-14-7-6-12-20(3)19(14)18-11-10-17(13-15(18)2)16-8-4-5-9-16/h6-7,10-13,16H,4-5,8-9H2,1-3H3/q+1. The van der Waals surface area contributed by atoms with Crippen LogP contribution < -0.4 is 4.57 Å². The summed E-state index contributed by atoms with van der Waals surface area (Å²) >= 11 is 0. The summed E-state index contributed by atoms with van der Waals surface area (Å²) in [6.07, 6.45) is 7.68. The van der Waals surface area contributed by atoms with Gasteiger partial charge in [0.25, 0.3) is 0 Å². The van der Waals surface area contributed by atoms with Crippen molar-refractivity contribution < 1.29 is 4.57 Å². The quantitative estimate of drug-likeness (QED) is 0.707. The van der Waals surface area contributed by atoms with E-state index in [0.29, 0.717) is 0 Å². The molecule has 0 atom stereocenters. The van der Waals surface area contributed by atoms with Gasteiger partial charge in [-0.2, -0.15) is 0 Å². The lowest BCUT2D eigenvalue weighted by Crippen LogP contribution is -2.31. The zero-order chi connectivity index (χ0) is 14.1. The summed E-state index contributed by atoms with van der Waals surface area (Å²) in [6, 6.07) is 11.4. The summed E-state index contributed by atoms with van der Waals surface area (Å²) in [4.78, 5) is 0. The number of hydrogen-bond acceptors (Lipinski definition) is 0. The zero-order valence-corrected chi connectivity index (χ0v) is 12.8. The molecule has 1 saturated carbocycles. The number of aryl methyl sites for hydroxylation is 3. The SMILES string of the molecule is Cc1cc(C2CCCC2)ccc1-c1c(C)ccc[n+]1C.